The number of rotatable bonds is 7. The van der Waals surface area contributed by atoms with Gasteiger partial charge in [0.25, 0.3) is 5.91 Å². The zero-order chi connectivity index (χ0) is 24.4. The summed E-state index contributed by atoms with van der Waals surface area (Å²) in [5, 5.41) is 10.3. The van der Waals surface area contributed by atoms with Crippen LogP contribution < -0.4 is 10.1 Å². The number of aromatic nitrogens is 4. The Morgan fingerprint density at radius 1 is 1.15 bits per heavy atom. The SMILES string of the molecule is Cc1oc(-c2ccc(OC(C)C)cc2)nc1Cn1nnc(C(=O)Nc2ccc(F)cc2F)c1C. The third-order valence-electron chi connectivity index (χ3n) is 5.04. The molecule has 0 atom stereocenters. The van der Waals surface area contributed by atoms with Crippen molar-refractivity contribution in [2.24, 2.45) is 0 Å². The highest BCUT2D eigenvalue weighted by atomic mass is 19.1. The average molecular weight is 467 g/mol. The molecule has 34 heavy (non-hydrogen) atoms. The molecular formula is C24H23F2N5O3. The number of hydrogen-bond donors (Lipinski definition) is 1. The number of carbonyl (C=O) groups is 1. The fraction of sp³-hybridized carbons (Fsp3) is 0.250. The molecule has 0 fully saturated rings. The summed E-state index contributed by atoms with van der Waals surface area (Å²) in [4.78, 5) is 17.1. The second-order valence-corrected chi connectivity index (χ2v) is 7.97. The lowest BCUT2D eigenvalue weighted by Gasteiger charge is -2.09. The summed E-state index contributed by atoms with van der Waals surface area (Å²) < 4.78 is 39.9. The highest BCUT2D eigenvalue weighted by Crippen LogP contribution is 2.25. The molecular weight excluding hydrogens is 444 g/mol. The molecule has 8 nitrogen and oxygen atoms in total. The molecule has 0 aliphatic heterocycles. The topological polar surface area (TPSA) is 95.1 Å². The third-order valence-corrected chi connectivity index (χ3v) is 5.04. The minimum absolute atomic E-state index is 0.0193. The minimum Gasteiger partial charge on any atom is -0.491 e. The zero-order valence-electron chi connectivity index (χ0n) is 19.1. The number of ether oxygens (including phenoxy) is 1. The lowest BCUT2D eigenvalue weighted by atomic mass is 10.2. The van der Waals surface area contributed by atoms with Gasteiger partial charge < -0.3 is 14.5 Å². The van der Waals surface area contributed by atoms with Gasteiger partial charge in [0.2, 0.25) is 5.89 Å². The molecule has 0 radical (unpaired) electrons. The number of halogens is 2. The van der Waals surface area contributed by atoms with Crippen molar-refractivity contribution in [2.75, 3.05) is 5.32 Å². The normalized spacial score (nSPS) is 11.1. The van der Waals surface area contributed by atoms with E-state index in [4.69, 9.17) is 9.15 Å². The van der Waals surface area contributed by atoms with Crippen molar-refractivity contribution in [3.63, 3.8) is 0 Å². The maximum absolute atomic E-state index is 13.9. The lowest BCUT2D eigenvalue weighted by Crippen LogP contribution is -2.15. The van der Waals surface area contributed by atoms with Crippen molar-refractivity contribution in [3.8, 4) is 17.2 Å². The predicted octanol–water partition coefficient (Wildman–Crippen LogP) is 4.92. The Balaban J connectivity index is 1.49. The Kier molecular flexibility index (Phi) is 6.40. The Morgan fingerprint density at radius 2 is 1.88 bits per heavy atom. The molecule has 4 rings (SSSR count). The minimum atomic E-state index is -0.882. The van der Waals surface area contributed by atoms with Gasteiger partial charge in [0.15, 0.2) is 5.69 Å². The highest BCUT2D eigenvalue weighted by Gasteiger charge is 2.20. The summed E-state index contributed by atoms with van der Waals surface area (Å²) in [6.45, 7) is 7.60. The smallest absolute Gasteiger partial charge is 0.278 e. The maximum atomic E-state index is 13.9. The Morgan fingerprint density at radius 3 is 2.56 bits per heavy atom. The molecule has 176 valence electrons. The summed E-state index contributed by atoms with van der Waals surface area (Å²) in [7, 11) is 0. The number of benzene rings is 2. The third kappa shape index (κ3) is 4.95. The highest BCUT2D eigenvalue weighted by molar-refractivity contribution is 6.03. The van der Waals surface area contributed by atoms with Gasteiger partial charge in [-0.25, -0.2) is 18.4 Å². The largest absolute Gasteiger partial charge is 0.491 e. The van der Waals surface area contributed by atoms with Crippen molar-refractivity contribution in [3.05, 3.63) is 76.9 Å². The number of nitrogens with zero attached hydrogens (tertiary/aromatic N) is 4. The van der Waals surface area contributed by atoms with Gasteiger partial charge in [0, 0.05) is 11.6 Å². The number of aryl methyl sites for hydroxylation is 1. The van der Waals surface area contributed by atoms with E-state index in [2.05, 4.69) is 20.6 Å². The fourth-order valence-electron chi connectivity index (χ4n) is 3.28. The number of anilines is 1. The van der Waals surface area contributed by atoms with E-state index >= 15 is 0 Å². The van der Waals surface area contributed by atoms with Crippen LogP contribution in [0, 0.1) is 25.5 Å². The molecule has 0 spiro atoms. The van der Waals surface area contributed by atoms with E-state index in [1.165, 1.54) is 4.68 Å². The number of amides is 1. The summed E-state index contributed by atoms with van der Waals surface area (Å²) >= 11 is 0. The molecule has 0 unspecified atom stereocenters. The van der Waals surface area contributed by atoms with E-state index in [1.54, 1.807) is 13.8 Å². The van der Waals surface area contributed by atoms with Gasteiger partial charge in [-0.2, -0.15) is 0 Å². The van der Waals surface area contributed by atoms with Crippen molar-refractivity contribution in [1.82, 2.24) is 20.0 Å². The van der Waals surface area contributed by atoms with Gasteiger partial charge in [-0.3, -0.25) is 4.79 Å². The zero-order valence-corrected chi connectivity index (χ0v) is 19.1. The summed E-state index contributed by atoms with van der Waals surface area (Å²) in [6, 6.07) is 10.3. The van der Waals surface area contributed by atoms with Crippen LogP contribution in [-0.4, -0.2) is 32.0 Å². The van der Waals surface area contributed by atoms with Crippen molar-refractivity contribution in [1.29, 1.82) is 0 Å². The van der Waals surface area contributed by atoms with Gasteiger partial charge in [-0.1, -0.05) is 5.21 Å². The number of carbonyl (C=O) groups excluding carboxylic acids is 1. The van der Waals surface area contributed by atoms with E-state index in [-0.39, 0.29) is 24.0 Å². The van der Waals surface area contributed by atoms with Crippen LogP contribution in [0.15, 0.2) is 46.9 Å². The molecule has 0 aliphatic carbocycles. The molecule has 0 saturated carbocycles. The first kappa shape index (κ1) is 23.1. The summed E-state index contributed by atoms with van der Waals surface area (Å²) in [6.07, 6.45) is 0.0778. The molecule has 0 saturated heterocycles. The van der Waals surface area contributed by atoms with Crippen LogP contribution in [0.25, 0.3) is 11.5 Å². The van der Waals surface area contributed by atoms with E-state index in [0.29, 0.717) is 29.1 Å². The second kappa shape index (κ2) is 9.42. The van der Waals surface area contributed by atoms with Crippen LogP contribution in [-0.2, 0) is 6.54 Å². The first-order chi connectivity index (χ1) is 16.2. The average Bonchev–Trinajstić information content (AvgIpc) is 3.33. The van der Waals surface area contributed by atoms with Crippen LogP contribution in [0.3, 0.4) is 0 Å². The van der Waals surface area contributed by atoms with Crippen LogP contribution >= 0.6 is 0 Å². The van der Waals surface area contributed by atoms with Crippen molar-refractivity contribution < 1.29 is 22.7 Å². The van der Waals surface area contributed by atoms with E-state index < -0.39 is 17.5 Å². The molecule has 1 N–H and O–H groups in total. The number of nitrogens with one attached hydrogen (secondary N) is 1. The van der Waals surface area contributed by atoms with Crippen LogP contribution in [0.4, 0.5) is 14.5 Å². The molecule has 0 aliphatic rings. The molecule has 1 amide bonds. The van der Waals surface area contributed by atoms with Crippen LogP contribution in [0.1, 0.15) is 41.5 Å². The maximum Gasteiger partial charge on any atom is 0.278 e. The first-order valence-corrected chi connectivity index (χ1v) is 10.6. The first-order valence-electron chi connectivity index (χ1n) is 10.6. The predicted molar refractivity (Wildman–Crippen MR) is 121 cm³/mol. The van der Waals surface area contributed by atoms with Gasteiger partial charge >= 0.3 is 0 Å². The second-order valence-electron chi connectivity index (χ2n) is 7.97. The number of hydrogen-bond acceptors (Lipinski definition) is 6. The lowest BCUT2D eigenvalue weighted by molar-refractivity contribution is 0.102. The summed E-state index contributed by atoms with van der Waals surface area (Å²) in [5.41, 5.74) is 1.75. The van der Waals surface area contributed by atoms with E-state index in [1.807, 2.05) is 38.1 Å². The van der Waals surface area contributed by atoms with Gasteiger partial charge in [-0.05, 0) is 64.1 Å². The molecule has 2 aromatic heterocycles. The standard InChI is InChI=1S/C24H23F2N5O3/c1-13(2)33-18-8-5-16(6-9-18)24-28-21(15(4)34-24)12-31-14(3)22(29-30-31)23(32)27-20-10-7-17(25)11-19(20)26/h5-11,13H,12H2,1-4H3,(H,27,32). The van der Waals surface area contributed by atoms with Crippen molar-refractivity contribution in [2.45, 2.75) is 40.3 Å². The molecule has 2 heterocycles. The van der Waals surface area contributed by atoms with Crippen LogP contribution in [0.5, 0.6) is 5.75 Å². The van der Waals surface area contributed by atoms with E-state index in [0.717, 1.165) is 23.4 Å². The van der Waals surface area contributed by atoms with Gasteiger partial charge in [-0.15, -0.1) is 5.10 Å². The Bertz CT molecular complexity index is 1330. The van der Waals surface area contributed by atoms with Crippen molar-refractivity contribution >= 4 is 11.6 Å². The molecule has 2 aromatic carbocycles. The van der Waals surface area contributed by atoms with Gasteiger partial charge in [0.05, 0.1) is 24.0 Å². The Hall–Kier alpha value is -4.08. The molecule has 10 heteroatoms. The Labute approximate surface area is 194 Å². The monoisotopic (exact) mass is 467 g/mol. The molecule has 4 aromatic rings. The van der Waals surface area contributed by atoms with Crippen LogP contribution in [0.2, 0.25) is 0 Å². The fourth-order valence-corrected chi connectivity index (χ4v) is 3.28. The molecule has 0 bridgehead atoms. The van der Waals surface area contributed by atoms with E-state index in [9.17, 15) is 13.6 Å². The van der Waals surface area contributed by atoms with Gasteiger partial charge in [0.1, 0.15) is 28.8 Å². The quantitative estimate of drug-likeness (QED) is 0.415. The number of oxazole rings is 1. The summed E-state index contributed by atoms with van der Waals surface area (Å²) in [5.74, 6) is -0.465.